The highest BCUT2D eigenvalue weighted by atomic mass is 35.5. The summed E-state index contributed by atoms with van der Waals surface area (Å²) in [7, 11) is 0. The van der Waals surface area contributed by atoms with Crippen molar-refractivity contribution in [2.75, 3.05) is 11.4 Å². The number of carboxylic acid groups (broad SMARTS) is 1. The fraction of sp³-hybridized carbons (Fsp3) is 0.273. The Morgan fingerprint density at radius 1 is 1.42 bits per heavy atom. The second kappa shape index (κ2) is 4.51. The van der Waals surface area contributed by atoms with E-state index in [1.807, 2.05) is 9.47 Å². The van der Waals surface area contributed by atoms with Crippen molar-refractivity contribution in [3.8, 4) is 0 Å². The Balaban J connectivity index is 1.96. The van der Waals surface area contributed by atoms with Gasteiger partial charge in [-0.3, -0.25) is 0 Å². The summed E-state index contributed by atoms with van der Waals surface area (Å²) in [6, 6.07) is 1.39. The molecule has 7 nitrogen and oxygen atoms in total. The van der Waals surface area contributed by atoms with Gasteiger partial charge in [0.15, 0.2) is 5.82 Å². The number of rotatable bonds is 2. The van der Waals surface area contributed by atoms with Crippen LogP contribution >= 0.6 is 11.6 Å². The minimum absolute atomic E-state index is 0.0544. The molecule has 2 aromatic heterocycles. The quantitative estimate of drug-likeness (QED) is 0.884. The molecule has 0 aliphatic carbocycles. The number of hydrogen-bond acceptors (Lipinski definition) is 5. The largest absolute Gasteiger partial charge is 0.478 e. The molecule has 0 radical (unpaired) electrons. The third-order valence-corrected chi connectivity index (χ3v) is 3.41. The summed E-state index contributed by atoms with van der Waals surface area (Å²) < 4.78 is 1.95. The number of halogens is 1. The Morgan fingerprint density at radius 2 is 2.26 bits per heavy atom. The first-order valence-corrected chi connectivity index (χ1v) is 6.04. The average molecular weight is 280 g/mol. The van der Waals surface area contributed by atoms with Gasteiger partial charge in [-0.25, -0.2) is 9.78 Å². The van der Waals surface area contributed by atoms with Crippen molar-refractivity contribution >= 4 is 23.4 Å². The first kappa shape index (κ1) is 11.9. The van der Waals surface area contributed by atoms with E-state index < -0.39 is 5.97 Å². The lowest BCUT2D eigenvalue weighted by Crippen LogP contribution is -2.34. The fourth-order valence-electron chi connectivity index (χ4n) is 2.07. The van der Waals surface area contributed by atoms with Gasteiger partial charge in [-0.1, -0.05) is 11.6 Å². The van der Waals surface area contributed by atoms with E-state index in [0.717, 1.165) is 12.4 Å². The van der Waals surface area contributed by atoms with Gasteiger partial charge in [0, 0.05) is 19.3 Å². The summed E-state index contributed by atoms with van der Waals surface area (Å²) in [5, 5.41) is 17.1. The second-order valence-corrected chi connectivity index (χ2v) is 4.54. The number of aromatic carboxylic acids is 1. The molecule has 1 aliphatic heterocycles. The normalized spacial score (nSPS) is 14.3. The molecule has 2 aromatic rings. The summed E-state index contributed by atoms with van der Waals surface area (Å²) in [6.45, 7) is 1.91. The van der Waals surface area contributed by atoms with Crippen molar-refractivity contribution in [3.63, 3.8) is 0 Å². The highest BCUT2D eigenvalue weighted by Crippen LogP contribution is 2.28. The Hall–Kier alpha value is -2.15. The summed E-state index contributed by atoms with van der Waals surface area (Å²) >= 11 is 6.11. The molecule has 0 saturated carbocycles. The van der Waals surface area contributed by atoms with E-state index >= 15 is 0 Å². The minimum Gasteiger partial charge on any atom is -0.478 e. The molecule has 19 heavy (non-hydrogen) atoms. The van der Waals surface area contributed by atoms with Crippen LogP contribution < -0.4 is 4.90 Å². The summed E-state index contributed by atoms with van der Waals surface area (Å²) in [6.07, 6.45) is 3.12. The second-order valence-electron chi connectivity index (χ2n) is 4.16. The molecule has 0 unspecified atom stereocenters. The number of anilines is 1. The third kappa shape index (κ3) is 2.01. The van der Waals surface area contributed by atoms with E-state index in [1.165, 1.54) is 12.3 Å². The molecule has 8 heteroatoms. The highest BCUT2D eigenvalue weighted by Gasteiger charge is 2.23. The zero-order valence-electron chi connectivity index (χ0n) is 9.82. The Kier molecular flexibility index (Phi) is 2.83. The number of aromatic nitrogens is 4. The maximum atomic E-state index is 11.1. The maximum absolute atomic E-state index is 11.1. The van der Waals surface area contributed by atoms with Crippen LogP contribution in [0, 0.1) is 0 Å². The van der Waals surface area contributed by atoms with Crippen LogP contribution in [-0.4, -0.2) is 37.4 Å². The van der Waals surface area contributed by atoms with E-state index in [4.69, 9.17) is 16.7 Å². The van der Waals surface area contributed by atoms with Gasteiger partial charge in [0.2, 0.25) is 0 Å². The number of carboxylic acids is 1. The molecule has 0 aromatic carbocycles. The van der Waals surface area contributed by atoms with E-state index in [0.29, 0.717) is 18.9 Å². The van der Waals surface area contributed by atoms with Gasteiger partial charge in [0.25, 0.3) is 0 Å². The monoisotopic (exact) mass is 279 g/mol. The van der Waals surface area contributed by atoms with Crippen molar-refractivity contribution in [1.29, 1.82) is 0 Å². The predicted molar refractivity (Wildman–Crippen MR) is 67.3 cm³/mol. The number of pyridine rings is 1. The predicted octanol–water partition coefficient (Wildman–Crippen LogP) is 1.04. The van der Waals surface area contributed by atoms with Crippen LogP contribution in [0.5, 0.6) is 0 Å². The van der Waals surface area contributed by atoms with E-state index in [9.17, 15) is 4.79 Å². The molecule has 1 N–H and O–H groups in total. The van der Waals surface area contributed by atoms with Crippen LogP contribution in [0.15, 0.2) is 18.6 Å². The molecule has 0 bridgehead atoms. The topological polar surface area (TPSA) is 84.1 Å². The Labute approximate surface area is 113 Å². The van der Waals surface area contributed by atoms with E-state index in [-0.39, 0.29) is 10.6 Å². The van der Waals surface area contributed by atoms with Crippen molar-refractivity contribution in [3.05, 3.63) is 35.0 Å². The van der Waals surface area contributed by atoms with Gasteiger partial charge in [-0.15, -0.1) is 10.2 Å². The van der Waals surface area contributed by atoms with E-state index in [1.54, 1.807) is 6.33 Å². The Morgan fingerprint density at radius 3 is 3.05 bits per heavy atom. The van der Waals surface area contributed by atoms with Crippen LogP contribution in [-0.2, 0) is 13.1 Å². The summed E-state index contributed by atoms with van der Waals surface area (Å²) in [4.78, 5) is 17.1. The summed E-state index contributed by atoms with van der Waals surface area (Å²) in [5.41, 5.74) is 0.0544. The van der Waals surface area contributed by atoms with Gasteiger partial charge in [-0.05, 0) is 6.07 Å². The maximum Gasteiger partial charge on any atom is 0.337 e. The highest BCUT2D eigenvalue weighted by molar-refractivity contribution is 6.35. The molecule has 0 saturated heterocycles. The van der Waals surface area contributed by atoms with Crippen LogP contribution in [0.4, 0.5) is 5.82 Å². The average Bonchev–Trinajstić information content (AvgIpc) is 2.85. The lowest BCUT2D eigenvalue weighted by atomic mass is 10.2. The van der Waals surface area contributed by atoms with Gasteiger partial charge >= 0.3 is 5.97 Å². The van der Waals surface area contributed by atoms with Crippen molar-refractivity contribution in [2.45, 2.75) is 13.1 Å². The Bertz CT molecular complexity index is 642. The zero-order chi connectivity index (χ0) is 13.4. The molecule has 0 amide bonds. The van der Waals surface area contributed by atoms with Gasteiger partial charge in [0.1, 0.15) is 12.1 Å². The lowest BCUT2D eigenvalue weighted by Gasteiger charge is -2.28. The smallest absolute Gasteiger partial charge is 0.337 e. The van der Waals surface area contributed by atoms with Crippen molar-refractivity contribution in [2.24, 2.45) is 0 Å². The molecule has 0 atom stereocenters. The zero-order valence-corrected chi connectivity index (χ0v) is 10.6. The number of hydrogen-bond donors (Lipinski definition) is 1. The SMILES string of the molecule is O=C(O)c1ccnc(N2CCn3cnnc3C2)c1Cl. The molecule has 3 rings (SSSR count). The first-order valence-electron chi connectivity index (χ1n) is 5.66. The van der Waals surface area contributed by atoms with Crippen LogP contribution in [0.1, 0.15) is 16.2 Å². The molecule has 1 aliphatic rings. The van der Waals surface area contributed by atoms with Crippen LogP contribution in [0.3, 0.4) is 0 Å². The van der Waals surface area contributed by atoms with Gasteiger partial charge in [0.05, 0.1) is 17.1 Å². The van der Waals surface area contributed by atoms with Crippen molar-refractivity contribution < 1.29 is 9.90 Å². The van der Waals surface area contributed by atoms with Gasteiger partial charge in [-0.2, -0.15) is 0 Å². The standard InChI is InChI=1S/C11H10ClN5O2/c12-9-7(11(18)19)1-2-13-10(9)16-3-4-17-6-14-15-8(17)5-16/h1-2,6H,3-5H2,(H,18,19). The molecule has 98 valence electrons. The molecular formula is C11H10ClN5O2. The fourth-order valence-corrected chi connectivity index (χ4v) is 2.38. The molecule has 0 fully saturated rings. The third-order valence-electron chi connectivity index (χ3n) is 3.04. The van der Waals surface area contributed by atoms with Crippen LogP contribution in [0.2, 0.25) is 5.02 Å². The lowest BCUT2D eigenvalue weighted by molar-refractivity contribution is 0.0697. The van der Waals surface area contributed by atoms with Gasteiger partial charge < -0.3 is 14.6 Å². The van der Waals surface area contributed by atoms with E-state index in [2.05, 4.69) is 15.2 Å². The number of nitrogens with zero attached hydrogens (tertiary/aromatic N) is 5. The number of carbonyl (C=O) groups is 1. The van der Waals surface area contributed by atoms with Crippen molar-refractivity contribution in [1.82, 2.24) is 19.7 Å². The molecule has 3 heterocycles. The summed E-state index contributed by atoms with van der Waals surface area (Å²) in [5.74, 6) is 0.217. The molecule has 0 spiro atoms. The van der Waals surface area contributed by atoms with Crippen LogP contribution in [0.25, 0.3) is 0 Å². The first-order chi connectivity index (χ1) is 9.16. The minimum atomic E-state index is -1.06. The number of fused-ring (bicyclic) bond motifs is 1. The molecular weight excluding hydrogens is 270 g/mol.